The monoisotopic (exact) mass is 320 g/mol. The highest BCUT2D eigenvalue weighted by Gasteiger charge is 2.05. The number of rotatable bonds is 7. The summed E-state index contributed by atoms with van der Waals surface area (Å²) in [7, 11) is 0. The Morgan fingerprint density at radius 1 is 1.13 bits per heavy atom. The fourth-order valence-electron chi connectivity index (χ4n) is 1.65. The number of benzene rings is 2. The van der Waals surface area contributed by atoms with E-state index in [4.69, 9.17) is 4.84 Å². The van der Waals surface area contributed by atoms with Crippen LogP contribution < -0.4 is 10.1 Å². The van der Waals surface area contributed by atoms with Gasteiger partial charge in [-0.2, -0.15) is 8.78 Å². The molecular weight excluding hydrogens is 306 g/mol. The van der Waals surface area contributed by atoms with E-state index in [1.807, 2.05) is 30.3 Å². The second-order valence-corrected chi connectivity index (χ2v) is 4.37. The van der Waals surface area contributed by atoms with Crippen molar-refractivity contribution in [3.63, 3.8) is 0 Å². The highest BCUT2D eigenvalue weighted by Crippen LogP contribution is 2.17. The van der Waals surface area contributed by atoms with Crippen LogP contribution in [0, 0.1) is 0 Å². The molecule has 0 heterocycles. The lowest BCUT2D eigenvalue weighted by molar-refractivity contribution is -0.120. The molecule has 23 heavy (non-hydrogen) atoms. The molecule has 0 fully saturated rings. The van der Waals surface area contributed by atoms with Crippen molar-refractivity contribution in [3.05, 3.63) is 60.2 Å². The van der Waals surface area contributed by atoms with Gasteiger partial charge in [0.15, 0.2) is 6.61 Å². The van der Waals surface area contributed by atoms with Crippen molar-refractivity contribution in [3.8, 4) is 5.75 Å². The maximum atomic E-state index is 12.0. The number of ether oxygens (including phenoxy) is 1. The first-order valence-electron chi connectivity index (χ1n) is 6.68. The van der Waals surface area contributed by atoms with Gasteiger partial charge in [-0.25, -0.2) is 0 Å². The fourth-order valence-corrected chi connectivity index (χ4v) is 1.65. The van der Waals surface area contributed by atoms with Crippen molar-refractivity contribution in [1.29, 1.82) is 0 Å². The van der Waals surface area contributed by atoms with Gasteiger partial charge >= 0.3 is 6.61 Å². The lowest BCUT2D eigenvalue weighted by atomic mass is 10.2. The van der Waals surface area contributed by atoms with Crippen LogP contribution in [0.3, 0.4) is 0 Å². The predicted octanol–water partition coefficient (Wildman–Crippen LogP) is 3.28. The standard InChI is InChI=1S/C16H14F2N2O3/c17-16(18)23-14-8-6-13(7-9-14)20-15(21)11-22-19-10-12-4-2-1-3-5-12/h1-10,16H,11H2,(H,20,21)/b19-10-. The molecule has 0 bridgehead atoms. The first-order valence-corrected chi connectivity index (χ1v) is 6.68. The van der Waals surface area contributed by atoms with Gasteiger partial charge in [0.25, 0.3) is 5.91 Å². The fraction of sp³-hybridized carbons (Fsp3) is 0.125. The van der Waals surface area contributed by atoms with E-state index in [1.165, 1.54) is 30.5 Å². The van der Waals surface area contributed by atoms with Crippen LogP contribution in [-0.4, -0.2) is 25.3 Å². The van der Waals surface area contributed by atoms with Gasteiger partial charge in [0.1, 0.15) is 5.75 Å². The summed E-state index contributed by atoms with van der Waals surface area (Å²) in [6.45, 7) is -3.15. The molecule has 0 aliphatic rings. The van der Waals surface area contributed by atoms with Crippen LogP contribution in [0.5, 0.6) is 5.75 Å². The van der Waals surface area contributed by atoms with Gasteiger partial charge in [-0.1, -0.05) is 35.5 Å². The Kier molecular flexibility index (Phi) is 6.05. The Hall–Kier alpha value is -2.96. The molecule has 2 aromatic carbocycles. The number of carbonyl (C=O) groups excluding carboxylic acids is 1. The van der Waals surface area contributed by atoms with Gasteiger partial charge in [-0.3, -0.25) is 4.79 Å². The Labute approximate surface area is 131 Å². The van der Waals surface area contributed by atoms with Crippen molar-refractivity contribution in [1.82, 2.24) is 0 Å². The number of nitrogens with one attached hydrogen (secondary N) is 1. The molecule has 7 heteroatoms. The average molecular weight is 320 g/mol. The van der Waals surface area contributed by atoms with Crippen LogP contribution in [0.4, 0.5) is 14.5 Å². The molecular formula is C16H14F2N2O3. The lowest BCUT2D eigenvalue weighted by Gasteiger charge is -2.07. The summed E-state index contributed by atoms with van der Waals surface area (Å²) in [6.07, 6.45) is 1.49. The third kappa shape index (κ3) is 6.13. The number of alkyl halides is 2. The molecule has 0 aromatic heterocycles. The third-order valence-corrected chi connectivity index (χ3v) is 2.63. The van der Waals surface area contributed by atoms with Gasteiger partial charge in [0, 0.05) is 5.69 Å². The number of halogens is 2. The van der Waals surface area contributed by atoms with Crippen molar-refractivity contribution in [2.45, 2.75) is 6.61 Å². The lowest BCUT2D eigenvalue weighted by Crippen LogP contribution is -2.16. The number of anilines is 1. The van der Waals surface area contributed by atoms with Crippen LogP contribution in [0.25, 0.3) is 0 Å². The molecule has 0 saturated carbocycles. The van der Waals surface area contributed by atoms with E-state index in [0.717, 1.165) is 5.56 Å². The Morgan fingerprint density at radius 3 is 2.48 bits per heavy atom. The summed E-state index contributed by atoms with van der Waals surface area (Å²) in [6, 6.07) is 14.8. The summed E-state index contributed by atoms with van der Waals surface area (Å²) in [5.74, 6) is -0.403. The number of hydrogen-bond acceptors (Lipinski definition) is 4. The van der Waals surface area contributed by atoms with Crippen LogP contribution in [0.2, 0.25) is 0 Å². The summed E-state index contributed by atoms with van der Waals surface area (Å²) < 4.78 is 28.2. The van der Waals surface area contributed by atoms with E-state index in [2.05, 4.69) is 15.2 Å². The van der Waals surface area contributed by atoms with E-state index in [0.29, 0.717) is 5.69 Å². The van der Waals surface area contributed by atoms with Gasteiger partial charge in [-0.15, -0.1) is 0 Å². The summed E-state index contributed by atoms with van der Waals surface area (Å²) in [5, 5.41) is 6.22. The largest absolute Gasteiger partial charge is 0.435 e. The highest BCUT2D eigenvalue weighted by atomic mass is 19.3. The van der Waals surface area contributed by atoms with Crippen LogP contribution >= 0.6 is 0 Å². The molecule has 0 spiro atoms. The highest BCUT2D eigenvalue weighted by molar-refractivity contribution is 5.91. The average Bonchev–Trinajstić information content (AvgIpc) is 2.54. The molecule has 0 saturated heterocycles. The predicted molar refractivity (Wildman–Crippen MR) is 81.7 cm³/mol. The molecule has 0 radical (unpaired) electrons. The maximum Gasteiger partial charge on any atom is 0.387 e. The molecule has 1 N–H and O–H groups in total. The molecule has 120 valence electrons. The van der Waals surface area contributed by atoms with E-state index in [1.54, 1.807) is 0 Å². The van der Waals surface area contributed by atoms with Crippen LogP contribution in [-0.2, 0) is 9.63 Å². The molecule has 0 unspecified atom stereocenters. The molecule has 2 rings (SSSR count). The van der Waals surface area contributed by atoms with Gasteiger partial charge in [-0.05, 0) is 29.8 Å². The molecule has 0 aliphatic heterocycles. The zero-order valence-electron chi connectivity index (χ0n) is 12.0. The second kappa shape index (κ2) is 8.47. The van der Waals surface area contributed by atoms with E-state index < -0.39 is 12.5 Å². The van der Waals surface area contributed by atoms with Crippen molar-refractivity contribution in [2.24, 2.45) is 5.16 Å². The summed E-state index contributed by atoms with van der Waals surface area (Å²) in [5.41, 5.74) is 1.29. The SMILES string of the molecule is O=C(CO/N=C\c1ccccc1)Nc1ccc(OC(F)F)cc1. The van der Waals surface area contributed by atoms with Gasteiger partial charge < -0.3 is 14.9 Å². The normalized spacial score (nSPS) is 10.7. The van der Waals surface area contributed by atoms with Gasteiger partial charge in [0.05, 0.1) is 6.21 Å². The number of nitrogens with zero attached hydrogens (tertiary/aromatic N) is 1. The molecule has 5 nitrogen and oxygen atoms in total. The number of amides is 1. The van der Waals surface area contributed by atoms with Crippen LogP contribution in [0.15, 0.2) is 59.8 Å². The minimum Gasteiger partial charge on any atom is -0.435 e. The Bertz CT molecular complexity index is 646. The van der Waals surface area contributed by atoms with E-state index in [9.17, 15) is 13.6 Å². The van der Waals surface area contributed by atoms with Gasteiger partial charge in [0.2, 0.25) is 0 Å². The smallest absolute Gasteiger partial charge is 0.387 e. The molecule has 0 aliphatic carbocycles. The molecule has 2 aromatic rings. The number of oxime groups is 1. The quantitative estimate of drug-likeness (QED) is 0.629. The molecule has 0 atom stereocenters. The van der Waals surface area contributed by atoms with Crippen LogP contribution in [0.1, 0.15) is 5.56 Å². The zero-order chi connectivity index (χ0) is 16.5. The van der Waals surface area contributed by atoms with Crippen molar-refractivity contribution in [2.75, 3.05) is 11.9 Å². The maximum absolute atomic E-state index is 12.0. The van der Waals surface area contributed by atoms with Crippen molar-refractivity contribution < 1.29 is 23.1 Å². The first kappa shape index (κ1) is 16.4. The number of carbonyl (C=O) groups is 1. The van der Waals surface area contributed by atoms with E-state index >= 15 is 0 Å². The van der Waals surface area contributed by atoms with Crippen molar-refractivity contribution >= 4 is 17.8 Å². The first-order chi connectivity index (χ1) is 11.1. The second-order valence-electron chi connectivity index (χ2n) is 4.37. The minimum atomic E-state index is -2.88. The zero-order valence-corrected chi connectivity index (χ0v) is 12.0. The summed E-state index contributed by atoms with van der Waals surface area (Å²) in [4.78, 5) is 16.5. The van der Waals surface area contributed by atoms with E-state index in [-0.39, 0.29) is 12.4 Å². The third-order valence-electron chi connectivity index (χ3n) is 2.63. The number of hydrogen-bond donors (Lipinski definition) is 1. The minimum absolute atomic E-state index is 0.0155. The summed E-state index contributed by atoms with van der Waals surface area (Å²) >= 11 is 0. The topological polar surface area (TPSA) is 59.9 Å². The Balaban J connectivity index is 1.75. The Morgan fingerprint density at radius 2 is 1.83 bits per heavy atom. The molecule has 1 amide bonds.